The summed E-state index contributed by atoms with van der Waals surface area (Å²) in [5.41, 5.74) is 2.16. The molecular weight excluding hydrogens is 232 g/mol. The molecule has 1 N–H and O–H groups in total. The lowest BCUT2D eigenvalue weighted by Crippen LogP contribution is -2.25. The van der Waals surface area contributed by atoms with Gasteiger partial charge in [0.25, 0.3) is 5.91 Å². The number of halogens is 1. The number of hydrogen-bond acceptors (Lipinski definition) is 3. The highest BCUT2D eigenvalue weighted by Crippen LogP contribution is 2.06. The van der Waals surface area contributed by atoms with E-state index in [9.17, 15) is 4.79 Å². The summed E-state index contributed by atoms with van der Waals surface area (Å²) in [6.45, 7) is 2.80. The van der Waals surface area contributed by atoms with Gasteiger partial charge in [-0.3, -0.25) is 4.79 Å². The Balaban J connectivity index is 2.13. The molecule has 1 rings (SSSR count). The highest BCUT2D eigenvalue weighted by atomic mass is 35.5. The van der Waals surface area contributed by atoms with Crippen LogP contribution < -0.4 is 5.32 Å². The molecule has 0 aliphatic rings. The molecule has 0 radical (unpaired) electrons. The van der Waals surface area contributed by atoms with Gasteiger partial charge in [-0.1, -0.05) is 6.92 Å². The van der Waals surface area contributed by atoms with E-state index in [1.54, 1.807) is 10.9 Å². The fourth-order valence-electron chi connectivity index (χ4n) is 1.14. The van der Waals surface area contributed by atoms with E-state index in [1.165, 1.54) is 11.3 Å². The lowest BCUT2D eigenvalue weighted by Gasteiger charge is -2.07. The second kappa shape index (κ2) is 6.80. The molecule has 0 spiro atoms. The lowest BCUT2D eigenvalue weighted by molar-refractivity contribution is 0.0948. The Morgan fingerprint density at radius 2 is 2.53 bits per heavy atom. The fourth-order valence-corrected chi connectivity index (χ4v) is 1.83. The number of carbonyl (C=O) groups is 1. The third kappa shape index (κ3) is 4.62. The molecule has 0 saturated heterocycles. The van der Waals surface area contributed by atoms with E-state index in [0.29, 0.717) is 24.0 Å². The third-order valence-electron chi connectivity index (χ3n) is 2.09. The minimum atomic E-state index is -0.0882. The largest absolute Gasteiger partial charge is 0.351 e. The highest BCUT2D eigenvalue weighted by molar-refractivity contribution is 7.07. The molecule has 0 bridgehead atoms. The minimum absolute atomic E-state index is 0.0882. The number of rotatable bonds is 6. The summed E-state index contributed by atoms with van der Waals surface area (Å²) in [5.74, 6) is 1.11. The number of alkyl halides is 1. The van der Waals surface area contributed by atoms with Crippen LogP contribution in [0.5, 0.6) is 0 Å². The molecular formula is C10H15ClN2OS. The number of nitrogens with one attached hydrogen (secondary N) is 1. The molecule has 0 aliphatic carbocycles. The molecule has 1 heterocycles. The summed E-state index contributed by atoms with van der Waals surface area (Å²) < 4.78 is 0. The molecule has 3 nitrogen and oxygen atoms in total. The van der Waals surface area contributed by atoms with Crippen molar-refractivity contribution < 1.29 is 4.79 Å². The van der Waals surface area contributed by atoms with Gasteiger partial charge < -0.3 is 5.32 Å². The van der Waals surface area contributed by atoms with Crippen molar-refractivity contribution in [1.82, 2.24) is 10.3 Å². The van der Waals surface area contributed by atoms with Crippen LogP contribution in [-0.2, 0) is 0 Å². The molecule has 0 aromatic carbocycles. The second-order valence-electron chi connectivity index (χ2n) is 3.53. The van der Waals surface area contributed by atoms with Crippen LogP contribution in [0, 0.1) is 5.92 Å². The normalized spacial score (nSPS) is 12.4. The van der Waals surface area contributed by atoms with Crippen LogP contribution >= 0.6 is 22.9 Å². The first-order valence-corrected chi connectivity index (χ1v) is 6.44. The van der Waals surface area contributed by atoms with E-state index in [0.717, 1.165) is 12.8 Å². The number of thiazole rings is 1. The zero-order valence-corrected chi connectivity index (χ0v) is 10.3. The van der Waals surface area contributed by atoms with Crippen LogP contribution in [0.2, 0.25) is 0 Å². The summed E-state index contributed by atoms with van der Waals surface area (Å²) in [6, 6.07) is 0. The van der Waals surface area contributed by atoms with Crippen molar-refractivity contribution in [2.75, 3.05) is 12.4 Å². The van der Waals surface area contributed by atoms with Gasteiger partial charge >= 0.3 is 0 Å². The molecule has 84 valence electrons. The summed E-state index contributed by atoms with van der Waals surface area (Å²) in [4.78, 5) is 15.4. The SMILES string of the molecule is CC(CCl)CCCNC(=O)c1cscn1. The van der Waals surface area contributed by atoms with Crippen molar-refractivity contribution in [2.24, 2.45) is 5.92 Å². The Kier molecular flexibility index (Phi) is 5.65. The maximum Gasteiger partial charge on any atom is 0.270 e. The van der Waals surface area contributed by atoms with E-state index >= 15 is 0 Å². The van der Waals surface area contributed by atoms with Crippen molar-refractivity contribution >= 4 is 28.8 Å². The lowest BCUT2D eigenvalue weighted by atomic mass is 10.1. The van der Waals surface area contributed by atoms with Crippen molar-refractivity contribution in [1.29, 1.82) is 0 Å². The summed E-state index contributed by atoms with van der Waals surface area (Å²) in [6.07, 6.45) is 2.00. The van der Waals surface area contributed by atoms with Crippen molar-refractivity contribution in [3.63, 3.8) is 0 Å². The number of carbonyl (C=O) groups excluding carboxylic acids is 1. The Morgan fingerprint density at radius 3 is 3.13 bits per heavy atom. The van der Waals surface area contributed by atoms with E-state index in [4.69, 9.17) is 11.6 Å². The topological polar surface area (TPSA) is 42.0 Å². The van der Waals surface area contributed by atoms with E-state index < -0.39 is 0 Å². The number of nitrogens with zero attached hydrogens (tertiary/aromatic N) is 1. The van der Waals surface area contributed by atoms with Gasteiger partial charge in [0.05, 0.1) is 5.51 Å². The van der Waals surface area contributed by atoms with Gasteiger partial charge in [-0.15, -0.1) is 22.9 Å². The maximum atomic E-state index is 11.4. The summed E-state index contributed by atoms with van der Waals surface area (Å²) in [7, 11) is 0. The predicted octanol–water partition coefficient (Wildman–Crippen LogP) is 2.53. The molecule has 1 aromatic heterocycles. The maximum absolute atomic E-state index is 11.4. The average Bonchev–Trinajstić information content (AvgIpc) is 2.77. The van der Waals surface area contributed by atoms with Gasteiger partial charge in [0, 0.05) is 17.8 Å². The Bertz CT molecular complexity index is 290. The standard InChI is InChI=1S/C10H15ClN2OS/c1-8(5-11)3-2-4-12-10(14)9-6-15-7-13-9/h6-8H,2-5H2,1H3,(H,12,14). The highest BCUT2D eigenvalue weighted by Gasteiger charge is 2.06. The van der Waals surface area contributed by atoms with Crippen LogP contribution in [0.4, 0.5) is 0 Å². The number of aromatic nitrogens is 1. The summed E-state index contributed by atoms with van der Waals surface area (Å²) >= 11 is 7.10. The predicted molar refractivity (Wildman–Crippen MR) is 63.6 cm³/mol. The Labute approximate surface area is 98.9 Å². The zero-order chi connectivity index (χ0) is 11.1. The molecule has 1 amide bonds. The van der Waals surface area contributed by atoms with Crippen molar-refractivity contribution in [2.45, 2.75) is 19.8 Å². The summed E-state index contributed by atoms with van der Waals surface area (Å²) in [5, 5.41) is 4.57. The molecule has 1 atom stereocenters. The molecule has 0 fully saturated rings. The Hall–Kier alpha value is -0.610. The van der Waals surface area contributed by atoms with Gasteiger partial charge in [-0.25, -0.2) is 4.98 Å². The van der Waals surface area contributed by atoms with E-state index in [2.05, 4.69) is 17.2 Å². The first-order chi connectivity index (χ1) is 7.24. The zero-order valence-electron chi connectivity index (χ0n) is 8.70. The smallest absolute Gasteiger partial charge is 0.270 e. The Morgan fingerprint density at radius 1 is 1.73 bits per heavy atom. The average molecular weight is 247 g/mol. The van der Waals surface area contributed by atoms with Gasteiger partial charge in [0.1, 0.15) is 5.69 Å². The molecule has 1 unspecified atom stereocenters. The van der Waals surface area contributed by atoms with Crippen molar-refractivity contribution in [3.8, 4) is 0 Å². The number of amides is 1. The van der Waals surface area contributed by atoms with Gasteiger partial charge in [0.15, 0.2) is 0 Å². The minimum Gasteiger partial charge on any atom is -0.351 e. The molecule has 1 aromatic rings. The fraction of sp³-hybridized carbons (Fsp3) is 0.600. The second-order valence-corrected chi connectivity index (χ2v) is 4.56. The van der Waals surface area contributed by atoms with E-state index in [1.807, 2.05) is 0 Å². The van der Waals surface area contributed by atoms with Crippen LogP contribution in [0.25, 0.3) is 0 Å². The van der Waals surface area contributed by atoms with Crippen LogP contribution in [-0.4, -0.2) is 23.3 Å². The van der Waals surface area contributed by atoms with Crippen LogP contribution in [0.3, 0.4) is 0 Å². The van der Waals surface area contributed by atoms with Crippen molar-refractivity contribution in [3.05, 3.63) is 16.6 Å². The van der Waals surface area contributed by atoms with Crippen LogP contribution in [0.1, 0.15) is 30.3 Å². The first-order valence-electron chi connectivity index (χ1n) is 4.96. The number of hydrogen-bond donors (Lipinski definition) is 1. The van der Waals surface area contributed by atoms with E-state index in [-0.39, 0.29) is 5.91 Å². The van der Waals surface area contributed by atoms with Gasteiger partial charge in [-0.05, 0) is 18.8 Å². The quantitative estimate of drug-likeness (QED) is 0.619. The third-order valence-corrected chi connectivity index (χ3v) is 3.20. The first kappa shape index (κ1) is 12.5. The monoisotopic (exact) mass is 246 g/mol. The molecule has 0 aliphatic heterocycles. The van der Waals surface area contributed by atoms with Gasteiger partial charge in [0.2, 0.25) is 0 Å². The van der Waals surface area contributed by atoms with Crippen LogP contribution in [0.15, 0.2) is 10.9 Å². The van der Waals surface area contributed by atoms with Gasteiger partial charge in [-0.2, -0.15) is 0 Å². The molecule has 0 saturated carbocycles. The molecule has 15 heavy (non-hydrogen) atoms. The molecule has 5 heteroatoms.